The van der Waals surface area contributed by atoms with Gasteiger partial charge >= 0.3 is 5.97 Å². The molecule has 1 aromatic rings. The lowest BCUT2D eigenvalue weighted by Crippen LogP contribution is -2.08. The van der Waals surface area contributed by atoms with Crippen molar-refractivity contribution < 1.29 is 9.53 Å². The van der Waals surface area contributed by atoms with Crippen LogP contribution in [-0.2, 0) is 22.4 Å². The van der Waals surface area contributed by atoms with Crippen LogP contribution < -0.4 is 0 Å². The lowest BCUT2D eigenvalue weighted by Gasteiger charge is -2.15. The summed E-state index contributed by atoms with van der Waals surface area (Å²) in [6, 6.07) is 8.36. The van der Waals surface area contributed by atoms with Gasteiger partial charge in [0.1, 0.15) is 0 Å². The number of carbonyl (C=O) groups excluding carboxylic acids is 1. The summed E-state index contributed by atoms with van der Waals surface area (Å²) >= 11 is 0. The Balaban J connectivity index is 2.09. The Morgan fingerprint density at radius 2 is 2.07 bits per heavy atom. The van der Waals surface area contributed by atoms with Crippen molar-refractivity contribution in [1.29, 1.82) is 0 Å². The summed E-state index contributed by atoms with van der Waals surface area (Å²) in [6.45, 7) is 0. The van der Waals surface area contributed by atoms with E-state index in [-0.39, 0.29) is 5.97 Å². The fraction of sp³-hybridized carbons (Fsp3) is 0.308. The standard InChI is InChI=1S/C13H14O2/c1-15-13(14)9-10-6-7-11-4-2-3-5-12(11)8-10/h2-6H,7-9H2,1H3. The summed E-state index contributed by atoms with van der Waals surface area (Å²) in [4.78, 5) is 11.1. The van der Waals surface area contributed by atoms with Crippen molar-refractivity contribution in [2.75, 3.05) is 7.11 Å². The highest BCUT2D eigenvalue weighted by atomic mass is 16.5. The fourth-order valence-corrected chi connectivity index (χ4v) is 1.89. The predicted molar refractivity (Wildman–Crippen MR) is 58.6 cm³/mol. The summed E-state index contributed by atoms with van der Waals surface area (Å²) in [5.74, 6) is -0.152. The van der Waals surface area contributed by atoms with Crippen LogP contribution in [0.5, 0.6) is 0 Å². The number of fused-ring (bicyclic) bond motifs is 1. The van der Waals surface area contributed by atoms with E-state index in [4.69, 9.17) is 0 Å². The molecule has 0 aliphatic heterocycles. The van der Waals surface area contributed by atoms with Gasteiger partial charge in [-0.25, -0.2) is 0 Å². The van der Waals surface area contributed by atoms with Gasteiger partial charge in [0.15, 0.2) is 0 Å². The quantitative estimate of drug-likeness (QED) is 0.543. The van der Waals surface area contributed by atoms with Crippen LogP contribution in [0, 0.1) is 0 Å². The number of esters is 1. The second-order valence-corrected chi connectivity index (χ2v) is 3.76. The molecule has 2 heteroatoms. The molecule has 0 spiro atoms. The van der Waals surface area contributed by atoms with Crippen molar-refractivity contribution in [2.24, 2.45) is 0 Å². The SMILES string of the molecule is COC(=O)CC1=CCc2ccccc2C1. The first-order valence-corrected chi connectivity index (χ1v) is 5.11. The van der Waals surface area contributed by atoms with Crippen molar-refractivity contribution in [3.05, 3.63) is 47.0 Å². The molecule has 0 saturated heterocycles. The highest BCUT2D eigenvalue weighted by Crippen LogP contribution is 2.22. The molecule has 2 rings (SSSR count). The van der Waals surface area contributed by atoms with Gasteiger partial charge in [0.2, 0.25) is 0 Å². The summed E-state index contributed by atoms with van der Waals surface area (Å²) < 4.78 is 4.66. The molecule has 1 aliphatic rings. The van der Waals surface area contributed by atoms with Crippen molar-refractivity contribution in [1.82, 2.24) is 0 Å². The zero-order valence-corrected chi connectivity index (χ0v) is 8.82. The van der Waals surface area contributed by atoms with E-state index in [1.165, 1.54) is 23.8 Å². The van der Waals surface area contributed by atoms with Crippen molar-refractivity contribution in [3.63, 3.8) is 0 Å². The van der Waals surface area contributed by atoms with Crippen LogP contribution in [0.2, 0.25) is 0 Å². The topological polar surface area (TPSA) is 26.3 Å². The summed E-state index contributed by atoms with van der Waals surface area (Å²) in [7, 11) is 1.43. The molecular weight excluding hydrogens is 188 g/mol. The average Bonchev–Trinajstić information content (AvgIpc) is 2.29. The number of carbonyl (C=O) groups is 1. The van der Waals surface area contributed by atoms with Crippen LogP contribution in [0.25, 0.3) is 0 Å². The molecule has 1 aliphatic carbocycles. The Morgan fingerprint density at radius 3 is 2.80 bits per heavy atom. The van der Waals surface area contributed by atoms with E-state index >= 15 is 0 Å². The van der Waals surface area contributed by atoms with E-state index in [0.29, 0.717) is 6.42 Å². The Morgan fingerprint density at radius 1 is 1.33 bits per heavy atom. The molecule has 0 atom stereocenters. The molecule has 0 fully saturated rings. The normalized spacial score (nSPS) is 14.1. The lowest BCUT2D eigenvalue weighted by molar-refractivity contribution is -0.139. The van der Waals surface area contributed by atoms with Crippen LogP contribution >= 0.6 is 0 Å². The highest BCUT2D eigenvalue weighted by Gasteiger charge is 2.12. The minimum Gasteiger partial charge on any atom is -0.469 e. The Labute approximate surface area is 89.6 Å². The largest absolute Gasteiger partial charge is 0.469 e. The van der Waals surface area contributed by atoms with Crippen LogP contribution in [0.15, 0.2) is 35.9 Å². The zero-order valence-electron chi connectivity index (χ0n) is 8.82. The maximum Gasteiger partial charge on any atom is 0.309 e. The molecule has 0 unspecified atom stereocenters. The van der Waals surface area contributed by atoms with E-state index in [9.17, 15) is 4.79 Å². The molecule has 0 heterocycles. The Kier molecular flexibility index (Phi) is 2.86. The molecule has 0 amide bonds. The first-order chi connectivity index (χ1) is 7.29. The van der Waals surface area contributed by atoms with Gasteiger partial charge in [-0.1, -0.05) is 35.9 Å². The molecule has 15 heavy (non-hydrogen) atoms. The number of benzene rings is 1. The molecule has 0 N–H and O–H groups in total. The summed E-state index contributed by atoms with van der Waals surface area (Å²) in [6.07, 6.45) is 4.37. The van der Waals surface area contributed by atoms with E-state index in [2.05, 4.69) is 29.0 Å². The fourth-order valence-electron chi connectivity index (χ4n) is 1.89. The molecule has 0 bridgehead atoms. The number of methoxy groups -OCH3 is 1. The molecule has 0 saturated carbocycles. The Hall–Kier alpha value is -1.57. The minimum atomic E-state index is -0.152. The van der Waals surface area contributed by atoms with Crippen LogP contribution in [-0.4, -0.2) is 13.1 Å². The van der Waals surface area contributed by atoms with Gasteiger partial charge in [-0.05, 0) is 24.0 Å². The molecular formula is C13H14O2. The lowest BCUT2D eigenvalue weighted by atomic mass is 9.90. The van der Waals surface area contributed by atoms with Crippen LogP contribution in [0.1, 0.15) is 17.5 Å². The third-order valence-electron chi connectivity index (χ3n) is 2.75. The first kappa shape index (κ1) is 9.97. The van der Waals surface area contributed by atoms with Crippen LogP contribution in [0.3, 0.4) is 0 Å². The number of allylic oxidation sites excluding steroid dienone is 1. The number of hydrogen-bond donors (Lipinski definition) is 0. The van der Waals surface area contributed by atoms with Gasteiger partial charge in [-0.15, -0.1) is 0 Å². The molecule has 78 valence electrons. The van der Waals surface area contributed by atoms with Crippen molar-refractivity contribution in [3.8, 4) is 0 Å². The Bertz CT molecular complexity index is 405. The first-order valence-electron chi connectivity index (χ1n) is 5.11. The molecule has 0 radical (unpaired) electrons. The third-order valence-corrected chi connectivity index (χ3v) is 2.75. The molecule has 1 aromatic carbocycles. The van der Waals surface area contributed by atoms with Gasteiger partial charge in [-0.2, -0.15) is 0 Å². The van der Waals surface area contributed by atoms with Gasteiger partial charge in [0, 0.05) is 0 Å². The maximum atomic E-state index is 11.1. The van der Waals surface area contributed by atoms with Crippen molar-refractivity contribution in [2.45, 2.75) is 19.3 Å². The number of ether oxygens (including phenoxy) is 1. The second-order valence-electron chi connectivity index (χ2n) is 3.76. The number of hydrogen-bond acceptors (Lipinski definition) is 2. The molecule has 0 aromatic heterocycles. The van der Waals surface area contributed by atoms with E-state index in [1.807, 2.05) is 6.07 Å². The number of rotatable bonds is 2. The van der Waals surface area contributed by atoms with E-state index in [0.717, 1.165) is 12.8 Å². The van der Waals surface area contributed by atoms with Gasteiger partial charge in [0.05, 0.1) is 13.5 Å². The smallest absolute Gasteiger partial charge is 0.309 e. The maximum absolute atomic E-state index is 11.1. The van der Waals surface area contributed by atoms with E-state index < -0.39 is 0 Å². The average molecular weight is 202 g/mol. The second kappa shape index (κ2) is 4.30. The van der Waals surface area contributed by atoms with Gasteiger partial charge in [0.25, 0.3) is 0 Å². The zero-order chi connectivity index (χ0) is 10.7. The van der Waals surface area contributed by atoms with Gasteiger partial charge in [-0.3, -0.25) is 4.79 Å². The highest BCUT2D eigenvalue weighted by molar-refractivity contribution is 5.72. The predicted octanol–water partition coefficient (Wildman–Crippen LogP) is 2.27. The summed E-state index contributed by atoms with van der Waals surface area (Å²) in [5, 5.41) is 0. The van der Waals surface area contributed by atoms with Crippen molar-refractivity contribution >= 4 is 5.97 Å². The van der Waals surface area contributed by atoms with Crippen LogP contribution in [0.4, 0.5) is 0 Å². The minimum absolute atomic E-state index is 0.152. The summed E-state index contributed by atoms with van der Waals surface area (Å²) in [5.41, 5.74) is 3.87. The van der Waals surface area contributed by atoms with Gasteiger partial charge < -0.3 is 4.74 Å². The monoisotopic (exact) mass is 202 g/mol. The third kappa shape index (κ3) is 2.27. The van der Waals surface area contributed by atoms with E-state index in [1.54, 1.807) is 0 Å². The molecule has 2 nitrogen and oxygen atoms in total.